The SMILES string of the molecule is O=C1CC[C@@H](c2nnc(-c3ccc(Cl)cc3)o2)N1c1ccccc1. The van der Waals surface area contributed by atoms with Crippen LogP contribution < -0.4 is 4.90 Å². The van der Waals surface area contributed by atoms with Crippen molar-refractivity contribution in [2.24, 2.45) is 0 Å². The molecule has 0 N–H and O–H groups in total. The lowest BCUT2D eigenvalue weighted by molar-refractivity contribution is -0.117. The molecule has 3 aromatic rings. The number of para-hydroxylation sites is 1. The van der Waals surface area contributed by atoms with Crippen LogP contribution in [0.3, 0.4) is 0 Å². The molecule has 6 heteroatoms. The van der Waals surface area contributed by atoms with E-state index in [2.05, 4.69) is 10.2 Å². The van der Waals surface area contributed by atoms with Crippen molar-refractivity contribution in [3.05, 3.63) is 65.5 Å². The molecule has 1 aliphatic rings. The van der Waals surface area contributed by atoms with Crippen LogP contribution in [0.5, 0.6) is 0 Å². The number of amides is 1. The molecule has 120 valence electrons. The van der Waals surface area contributed by atoms with Gasteiger partial charge in [-0.25, -0.2) is 0 Å². The van der Waals surface area contributed by atoms with E-state index in [9.17, 15) is 4.79 Å². The monoisotopic (exact) mass is 339 g/mol. The van der Waals surface area contributed by atoms with Gasteiger partial charge in [-0.05, 0) is 42.8 Å². The lowest BCUT2D eigenvalue weighted by Crippen LogP contribution is -2.27. The van der Waals surface area contributed by atoms with Gasteiger partial charge in [-0.2, -0.15) is 0 Å². The predicted molar refractivity (Wildman–Crippen MR) is 90.6 cm³/mol. The first-order chi connectivity index (χ1) is 11.7. The summed E-state index contributed by atoms with van der Waals surface area (Å²) in [7, 11) is 0. The van der Waals surface area contributed by atoms with Crippen LogP contribution >= 0.6 is 11.6 Å². The van der Waals surface area contributed by atoms with Gasteiger partial charge < -0.3 is 4.42 Å². The molecule has 1 amide bonds. The predicted octanol–water partition coefficient (Wildman–Crippen LogP) is 4.26. The molecule has 1 fully saturated rings. The Morgan fingerprint density at radius 2 is 1.79 bits per heavy atom. The second kappa shape index (κ2) is 6.09. The fourth-order valence-corrected chi connectivity index (χ4v) is 3.03. The summed E-state index contributed by atoms with van der Waals surface area (Å²) >= 11 is 5.90. The van der Waals surface area contributed by atoms with E-state index in [4.69, 9.17) is 16.0 Å². The highest BCUT2D eigenvalue weighted by atomic mass is 35.5. The first-order valence-corrected chi connectivity index (χ1v) is 8.06. The Hall–Kier alpha value is -2.66. The van der Waals surface area contributed by atoms with E-state index in [0.717, 1.165) is 11.3 Å². The molecule has 0 spiro atoms. The molecule has 4 rings (SSSR count). The summed E-state index contributed by atoms with van der Waals surface area (Å²) in [5.41, 5.74) is 1.64. The van der Waals surface area contributed by atoms with Crippen molar-refractivity contribution in [3.8, 4) is 11.5 Å². The molecule has 2 heterocycles. The second-order valence-electron chi connectivity index (χ2n) is 5.61. The molecule has 2 aromatic carbocycles. The zero-order chi connectivity index (χ0) is 16.5. The van der Waals surface area contributed by atoms with Crippen molar-refractivity contribution in [1.29, 1.82) is 0 Å². The molecule has 0 unspecified atom stereocenters. The summed E-state index contributed by atoms with van der Waals surface area (Å²) in [6.45, 7) is 0. The molecule has 0 bridgehead atoms. The van der Waals surface area contributed by atoms with Crippen LogP contribution in [0.4, 0.5) is 5.69 Å². The van der Waals surface area contributed by atoms with E-state index in [0.29, 0.717) is 29.6 Å². The molecular weight excluding hydrogens is 326 g/mol. The number of nitrogens with zero attached hydrogens (tertiary/aromatic N) is 3. The Morgan fingerprint density at radius 3 is 2.54 bits per heavy atom. The minimum atomic E-state index is -0.228. The summed E-state index contributed by atoms with van der Waals surface area (Å²) < 4.78 is 5.83. The molecule has 1 aromatic heterocycles. The minimum absolute atomic E-state index is 0.0671. The van der Waals surface area contributed by atoms with Crippen LogP contribution in [-0.2, 0) is 4.79 Å². The summed E-state index contributed by atoms with van der Waals surface area (Å²) in [5.74, 6) is 0.945. The maximum Gasteiger partial charge on any atom is 0.247 e. The maximum absolute atomic E-state index is 12.3. The summed E-state index contributed by atoms with van der Waals surface area (Å²) in [5, 5.41) is 8.93. The number of aromatic nitrogens is 2. The van der Waals surface area contributed by atoms with Gasteiger partial charge >= 0.3 is 0 Å². The summed E-state index contributed by atoms with van der Waals surface area (Å²) in [6.07, 6.45) is 1.13. The first kappa shape index (κ1) is 14.9. The van der Waals surface area contributed by atoms with Crippen molar-refractivity contribution in [3.63, 3.8) is 0 Å². The van der Waals surface area contributed by atoms with E-state index in [1.807, 2.05) is 42.5 Å². The Labute approximate surface area is 143 Å². The highest BCUT2D eigenvalue weighted by molar-refractivity contribution is 6.30. The van der Waals surface area contributed by atoms with Crippen LogP contribution in [0.25, 0.3) is 11.5 Å². The Balaban J connectivity index is 1.66. The maximum atomic E-state index is 12.3. The standard InChI is InChI=1S/C18H14ClN3O2/c19-13-8-6-12(7-9-13)17-20-21-18(24-17)15-10-11-16(23)22(15)14-4-2-1-3-5-14/h1-9,15H,10-11H2/t15-/m0/s1. The number of anilines is 1. The average Bonchev–Trinajstić information content (AvgIpc) is 3.23. The number of carbonyl (C=O) groups excluding carboxylic acids is 1. The van der Waals surface area contributed by atoms with E-state index in [1.54, 1.807) is 17.0 Å². The van der Waals surface area contributed by atoms with Crippen LogP contribution in [0.15, 0.2) is 59.0 Å². The largest absolute Gasteiger partial charge is 0.418 e. The molecule has 0 aliphatic carbocycles. The number of benzene rings is 2. The second-order valence-corrected chi connectivity index (χ2v) is 6.04. The van der Waals surface area contributed by atoms with E-state index in [1.165, 1.54) is 0 Å². The average molecular weight is 340 g/mol. The van der Waals surface area contributed by atoms with Crippen LogP contribution in [0, 0.1) is 0 Å². The summed E-state index contributed by atoms with van der Waals surface area (Å²) in [4.78, 5) is 14.0. The number of halogens is 1. The van der Waals surface area contributed by atoms with Gasteiger partial charge in [0.2, 0.25) is 17.7 Å². The molecule has 0 saturated carbocycles. The van der Waals surface area contributed by atoms with Crippen molar-refractivity contribution < 1.29 is 9.21 Å². The lowest BCUT2D eigenvalue weighted by atomic mass is 10.2. The molecule has 0 radical (unpaired) electrons. The molecule has 1 saturated heterocycles. The van der Waals surface area contributed by atoms with Crippen molar-refractivity contribution >= 4 is 23.2 Å². The molecular formula is C18H14ClN3O2. The third-order valence-corrected chi connectivity index (χ3v) is 4.32. The molecule has 1 atom stereocenters. The number of hydrogen-bond acceptors (Lipinski definition) is 4. The smallest absolute Gasteiger partial charge is 0.247 e. The van der Waals surface area contributed by atoms with Gasteiger partial charge in [0.15, 0.2) is 0 Å². The molecule has 24 heavy (non-hydrogen) atoms. The van der Waals surface area contributed by atoms with Crippen molar-refractivity contribution in [2.75, 3.05) is 4.90 Å². The highest BCUT2D eigenvalue weighted by Crippen LogP contribution is 2.37. The van der Waals surface area contributed by atoms with E-state index >= 15 is 0 Å². The zero-order valence-corrected chi connectivity index (χ0v) is 13.5. The number of hydrogen-bond donors (Lipinski definition) is 0. The van der Waals surface area contributed by atoms with Gasteiger partial charge in [0, 0.05) is 22.7 Å². The minimum Gasteiger partial charge on any atom is -0.418 e. The van der Waals surface area contributed by atoms with Gasteiger partial charge in [-0.1, -0.05) is 29.8 Å². The van der Waals surface area contributed by atoms with Gasteiger partial charge in [-0.3, -0.25) is 9.69 Å². The molecule has 5 nitrogen and oxygen atoms in total. The fourth-order valence-electron chi connectivity index (χ4n) is 2.91. The highest BCUT2D eigenvalue weighted by Gasteiger charge is 2.36. The Kier molecular flexibility index (Phi) is 3.78. The van der Waals surface area contributed by atoms with Crippen LogP contribution in [0.2, 0.25) is 5.02 Å². The Morgan fingerprint density at radius 1 is 1.04 bits per heavy atom. The van der Waals surface area contributed by atoms with Gasteiger partial charge in [0.1, 0.15) is 6.04 Å². The topological polar surface area (TPSA) is 59.2 Å². The third-order valence-electron chi connectivity index (χ3n) is 4.06. The third kappa shape index (κ3) is 2.67. The quantitative estimate of drug-likeness (QED) is 0.715. The number of carbonyl (C=O) groups is 1. The summed E-state index contributed by atoms with van der Waals surface area (Å²) in [6, 6.07) is 16.5. The van der Waals surface area contributed by atoms with Gasteiger partial charge in [0.05, 0.1) is 0 Å². The van der Waals surface area contributed by atoms with Gasteiger partial charge in [-0.15, -0.1) is 10.2 Å². The van der Waals surface area contributed by atoms with Gasteiger partial charge in [0.25, 0.3) is 0 Å². The van der Waals surface area contributed by atoms with Crippen molar-refractivity contribution in [2.45, 2.75) is 18.9 Å². The molecule has 1 aliphatic heterocycles. The number of rotatable bonds is 3. The van der Waals surface area contributed by atoms with E-state index in [-0.39, 0.29) is 11.9 Å². The lowest BCUT2D eigenvalue weighted by Gasteiger charge is -2.22. The van der Waals surface area contributed by atoms with Crippen LogP contribution in [0.1, 0.15) is 24.8 Å². The fraction of sp³-hybridized carbons (Fsp3) is 0.167. The van der Waals surface area contributed by atoms with Crippen molar-refractivity contribution in [1.82, 2.24) is 10.2 Å². The zero-order valence-electron chi connectivity index (χ0n) is 12.7. The van der Waals surface area contributed by atoms with Crippen LogP contribution in [-0.4, -0.2) is 16.1 Å². The van der Waals surface area contributed by atoms with E-state index < -0.39 is 0 Å². The Bertz CT molecular complexity index is 861. The first-order valence-electron chi connectivity index (χ1n) is 7.69. The normalized spacial score (nSPS) is 17.5.